The highest BCUT2D eigenvalue weighted by Crippen LogP contribution is 2.45. The van der Waals surface area contributed by atoms with Gasteiger partial charge in [-0.25, -0.2) is 0 Å². The summed E-state index contributed by atoms with van der Waals surface area (Å²) in [6.07, 6.45) is 0.0451. The van der Waals surface area contributed by atoms with Crippen LogP contribution >= 0.6 is 15.9 Å². The molecule has 0 aromatic heterocycles. The molecule has 1 atom stereocenters. The van der Waals surface area contributed by atoms with Crippen LogP contribution in [0.3, 0.4) is 0 Å². The third-order valence-electron chi connectivity index (χ3n) is 4.61. The van der Waals surface area contributed by atoms with E-state index in [9.17, 15) is 9.90 Å². The van der Waals surface area contributed by atoms with Crippen LogP contribution in [0.4, 0.5) is 0 Å². The molecule has 1 fully saturated rings. The molecule has 1 aliphatic heterocycles. The molecule has 1 aliphatic rings. The molecule has 0 amide bonds. The van der Waals surface area contributed by atoms with E-state index in [0.29, 0.717) is 10.0 Å². The van der Waals surface area contributed by atoms with Crippen molar-refractivity contribution in [1.82, 2.24) is 0 Å². The topological polar surface area (TPSA) is 65.0 Å². The lowest BCUT2D eigenvalue weighted by Gasteiger charge is -2.32. The molecule has 7 heteroatoms. The van der Waals surface area contributed by atoms with Crippen molar-refractivity contribution in [3.63, 3.8) is 0 Å². The third kappa shape index (κ3) is 3.57. The predicted molar refractivity (Wildman–Crippen MR) is 91.3 cm³/mol. The number of carbonyl (C=O) groups excluding carboxylic acids is 1. The van der Waals surface area contributed by atoms with Crippen LogP contribution in [-0.2, 0) is 18.8 Å². The van der Waals surface area contributed by atoms with E-state index in [1.165, 1.54) is 7.11 Å². The Hall–Kier alpha value is -1.05. The number of benzene rings is 1. The highest BCUT2D eigenvalue weighted by Gasteiger charge is 2.55. The van der Waals surface area contributed by atoms with Crippen molar-refractivity contribution in [1.29, 1.82) is 0 Å². The summed E-state index contributed by atoms with van der Waals surface area (Å²) in [5.41, 5.74) is -0.470. The van der Waals surface area contributed by atoms with Crippen molar-refractivity contribution >= 4 is 29.0 Å². The number of carbonyl (C=O) groups is 1. The molecule has 1 aromatic rings. The molecule has 126 valence electrons. The van der Waals surface area contributed by atoms with Gasteiger partial charge >= 0.3 is 13.1 Å². The summed E-state index contributed by atoms with van der Waals surface area (Å²) >= 11 is 3.44. The summed E-state index contributed by atoms with van der Waals surface area (Å²) in [5.74, 6) is -0.790. The summed E-state index contributed by atoms with van der Waals surface area (Å²) in [5, 5.41) is 10.3. The molecule has 5 nitrogen and oxygen atoms in total. The van der Waals surface area contributed by atoms with Crippen molar-refractivity contribution in [3.8, 4) is 5.75 Å². The Morgan fingerprint density at radius 3 is 2.35 bits per heavy atom. The minimum atomic E-state index is -0.663. The molecule has 1 unspecified atom stereocenters. The van der Waals surface area contributed by atoms with Gasteiger partial charge in [0.15, 0.2) is 0 Å². The zero-order valence-corrected chi connectivity index (χ0v) is 15.6. The minimum Gasteiger partial charge on any atom is -0.508 e. The summed E-state index contributed by atoms with van der Waals surface area (Å²) in [7, 11) is 0.674. The zero-order valence-electron chi connectivity index (χ0n) is 14.1. The fourth-order valence-corrected chi connectivity index (χ4v) is 3.19. The predicted octanol–water partition coefficient (Wildman–Crippen LogP) is 3.43. The molecule has 0 bridgehead atoms. The number of halogens is 1. The van der Waals surface area contributed by atoms with E-state index in [-0.39, 0.29) is 18.1 Å². The second-order valence-electron chi connectivity index (χ2n) is 6.68. The number of hydrogen-bond donors (Lipinski definition) is 1. The number of ether oxygens (including phenoxy) is 1. The van der Waals surface area contributed by atoms with Crippen molar-refractivity contribution in [2.75, 3.05) is 7.11 Å². The maximum atomic E-state index is 11.9. The fraction of sp³-hybridized carbons (Fsp3) is 0.562. The highest BCUT2D eigenvalue weighted by atomic mass is 79.9. The summed E-state index contributed by atoms with van der Waals surface area (Å²) in [6, 6.07) is 5.11. The van der Waals surface area contributed by atoms with Crippen LogP contribution in [0, 0.1) is 0 Å². The van der Waals surface area contributed by atoms with Crippen molar-refractivity contribution in [2.24, 2.45) is 0 Å². The second-order valence-corrected chi connectivity index (χ2v) is 7.54. The number of phenolic OH excluding ortho intramolecular Hbond substituents is 1. The van der Waals surface area contributed by atoms with E-state index in [4.69, 9.17) is 14.0 Å². The van der Waals surface area contributed by atoms with Crippen LogP contribution < -0.4 is 0 Å². The lowest BCUT2D eigenvalue weighted by Crippen LogP contribution is -2.41. The van der Waals surface area contributed by atoms with Crippen LogP contribution in [0.25, 0.3) is 0 Å². The first kappa shape index (κ1) is 18.3. The number of aromatic hydroxyl groups is 1. The largest absolute Gasteiger partial charge is 0.508 e. The molecule has 23 heavy (non-hydrogen) atoms. The van der Waals surface area contributed by atoms with E-state index in [0.717, 1.165) is 0 Å². The second kappa shape index (κ2) is 6.45. The molecular weight excluding hydrogens is 363 g/mol. The van der Waals surface area contributed by atoms with Gasteiger partial charge in [-0.3, -0.25) is 4.79 Å². The Balaban J connectivity index is 2.42. The van der Waals surface area contributed by atoms with E-state index >= 15 is 0 Å². The molecule has 0 aliphatic carbocycles. The maximum Gasteiger partial charge on any atom is 0.466 e. The summed E-state index contributed by atoms with van der Waals surface area (Å²) < 4.78 is 17.6. The molecule has 1 N–H and O–H groups in total. The molecular formula is C16H22BBrO5. The summed E-state index contributed by atoms with van der Waals surface area (Å²) in [4.78, 5) is 11.9. The van der Waals surface area contributed by atoms with Gasteiger partial charge in [0.05, 0.1) is 24.7 Å². The van der Waals surface area contributed by atoms with Crippen molar-refractivity contribution < 1.29 is 23.9 Å². The molecule has 0 saturated carbocycles. The van der Waals surface area contributed by atoms with Gasteiger partial charge in [-0.2, -0.15) is 0 Å². The molecule has 1 aromatic carbocycles. The number of rotatable bonds is 4. The van der Waals surface area contributed by atoms with Crippen molar-refractivity contribution in [2.45, 2.75) is 51.1 Å². The highest BCUT2D eigenvalue weighted by molar-refractivity contribution is 9.10. The van der Waals surface area contributed by atoms with Crippen LogP contribution in [0.5, 0.6) is 5.75 Å². The Kier molecular flexibility index (Phi) is 5.13. The first-order valence-electron chi connectivity index (χ1n) is 7.49. The average Bonchev–Trinajstić information content (AvgIpc) is 2.65. The van der Waals surface area contributed by atoms with Crippen LogP contribution in [-0.4, -0.2) is 36.5 Å². The normalized spacial score (nSPS) is 20.3. The van der Waals surface area contributed by atoms with E-state index < -0.39 is 24.1 Å². The van der Waals surface area contributed by atoms with E-state index in [1.807, 2.05) is 33.8 Å². The number of methoxy groups -OCH3 is 1. The third-order valence-corrected chi connectivity index (χ3v) is 5.31. The first-order valence-corrected chi connectivity index (χ1v) is 8.28. The van der Waals surface area contributed by atoms with Crippen LogP contribution in [0.15, 0.2) is 22.7 Å². The number of phenols is 1. The minimum absolute atomic E-state index is 0.0451. The van der Waals surface area contributed by atoms with E-state index in [2.05, 4.69) is 15.9 Å². The molecule has 2 rings (SSSR count). The lowest BCUT2D eigenvalue weighted by molar-refractivity contribution is -0.140. The van der Waals surface area contributed by atoms with Crippen LogP contribution in [0.2, 0.25) is 0 Å². The lowest BCUT2D eigenvalue weighted by atomic mass is 9.66. The van der Waals surface area contributed by atoms with Gasteiger partial charge in [0, 0.05) is 15.9 Å². The Morgan fingerprint density at radius 2 is 1.87 bits per heavy atom. The fourth-order valence-electron chi connectivity index (χ4n) is 2.54. The van der Waals surface area contributed by atoms with E-state index in [1.54, 1.807) is 12.1 Å². The van der Waals surface area contributed by atoms with Crippen molar-refractivity contribution in [3.05, 3.63) is 28.2 Å². The number of esters is 1. The zero-order chi connectivity index (χ0) is 17.4. The van der Waals surface area contributed by atoms with Crippen LogP contribution in [0.1, 0.15) is 45.5 Å². The van der Waals surface area contributed by atoms with Gasteiger partial charge in [-0.15, -0.1) is 0 Å². The average molecular weight is 385 g/mol. The molecule has 0 radical (unpaired) electrons. The Bertz CT molecular complexity index is 566. The standard InChI is InChI=1S/C16H22BBrO5/c1-15(2)16(3,4)23-17(22-15)10(9-13(20)21-5)14-11(18)7-6-8-12(14)19/h6-8,10,19H,9H2,1-5H3. The van der Waals surface area contributed by atoms with Gasteiger partial charge in [0.25, 0.3) is 0 Å². The Morgan fingerprint density at radius 1 is 1.30 bits per heavy atom. The van der Waals surface area contributed by atoms with Gasteiger partial charge in [-0.05, 0) is 39.8 Å². The van der Waals surface area contributed by atoms with Gasteiger partial charge < -0.3 is 19.2 Å². The first-order chi connectivity index (χ1) is 10.6. The van der Waals surface area contributed by atoms with Gasteiger partial charge in [-0.1, -0.05) is 22.0 Å². The van der Waals surface area contributed by atoms with Gasteiger partial charge in [0.1, 0.15) is 5.75 Å². The Labute approximate surface area is 145 Å². The number of hydrogen-bond acceptors (Lipinski definition) is 5. The monoisotopic (exact) mass is 384 g/mol. The molecule has 0 spiro atoms. The quantitative estimate of drug-likeness (QED) is 0.636. The maximum absolute atomic E-state index is 11.9. The van der Waals surface area contributed by atoms with Gasteiger partial charge in [0.2, 0.25) is 0 Å². The smallest absolute Gasteiger partial charge is 0.466 e. The summed E-state index contributed by atoms with van der Waals surface area (Å²) in [6.45, 7) is 7.79. The molecule has 1 saturated heterocycles. The molecule has 1 heterocycles. The SMILES string of the molecule is COC(=O)CC(B1OC(C)(C)C(C)(C)O1)c1c(O)cccc1Br.